The van der Waals surface area contributed by atoms with Gasteiger partial charge in [0.2, 0.25) is 11.8 Å². The van der Waals surface area contributed by atoms with E-state index in [1.165, 1.54) is 7.05 Å². The molecule has 1 aliphatic rings. The van der Waals surface area contributed by atoms with Gasteiger partial charge in [-0.25, -0.2) is 0 Å². The van der Waals surface area contributed by atoms with Crippen LogP contribution in [0, 0.1) is 0 Å². The molecule has 0 aromatic heterocycles. The zero-order valence-electron chi connectivity index (χ0n) is 8.88. The van der Waals surface area contributed by atoms with Gasteiger partial charge in [0.15, 0.2) is 0 Å². The highest BCUT2D eigenvalue weighted by atomic mass is 16.2. The topological polar surface area (TPSA) is 58.2 Å². The summed E-state index contributed by atoms with van der Waals surface area (Å²) in [5, 5.41) is 5.10. The Hall–Kier alpha value is -1.58. The zero-order chi connectivity index (χ0) is 11.1. The number of allylic oxidation sites excluding steroid dienone is 2. The van der Waals surface area contributed by atoms with Gasteiger partial charge in [0.1, 0.15) is 6.42 Å². The van der Waals surface area contributed by atoms with Crippen LogP contribution in [0.2, 0.25) is 0 Å². The second-order valence-corrected chi connectivity index (χ2v) is 3.39. The third-order valence-electron chi connectivity index (χ3n) is 2.16. The van der Waals surface area contributed by atoms with Crippen LogP contribution in [0.1, 0.15) is 19.3 Å². The largest absolute Gasteiger partial charge is 0.359 e. The normalized spacial score (nSPS) is 14.3. The zero-order valence-corrected chi connectivity index (χ0v) is 8.88. The molecule has 2 amide bonds. The van der Waals surface area contributed by atoms with Crippen molar-refractivity contribution in [3.63, 3.8) is 0 Å². The van der Waals surface area contributed by atoms with Crippen LogP contribution in [0.15, 0.2) is 23.8 Å². The number of hydrogen-bond donors (Lipinski definition) is 2. The molecule has 0 aromatic carbocycles. The monoisotopic (exact) mass is 208 g/mol. The van der Waals surface area contributed by atoms with E-state index < -0.39 is 0 Å². The van der Waals surface area contributed by atoms with Crippen molar-refractivity contribution in [1.29, 1.82) is 0 Å². The second-order valence-electron chi connectivity index (χ2n) is 3.39. The molecule has 1 aliphatic carbocycles. The fraction of sp³-hybridized carbons (Fsp3) is 0.455. The van der Waals surface area contributed by atoms with Crippen molar-refractivity contribution in [2.75, 3.05) is 13.6 Å². The van der Waals surface area contributed by atoms with Crippen molar-refractivity contribution in [2.45, 2.75) is 19.3 Å². The molecular formula is C11H16N2O2. The summed E-state index contributed by atoms with van der Waals surface area (Å²) in [5.74, 6) is -0.505. The highest BCUT2D eigenvalue weighted by Crippen LogP contribution is 2.08. The highest BCUT2D eigenvalue weighted by Gasteiger charge is 2.07. The summed E-state index contributed by atoms with van der Waals surface area (Å²) in [6.07, 6.45) is 8.17. The molecule has 0 bridgehead atoms. The van der Waals surface area contributed by atoms with Gasteiger partial charge in [0.05, 0.1) is 0 Å². The summed E-state index contributed by atoms with van der Waals surface area (Å²) in [6.45, 7) is 0.506. The van der Waals surface area contributed by atoms with Gasteiger partial charge in [-0.05, 0) is 18.4 Å². The predicted molar refractivity (Wildman–Crippen MR) is 58.2 cm³/mol. The first-order valence-electron chi connectivity index (χ1n) is 5.05. The van der Waals surface area contributed by atoms with Gasteiger partial charge in [0.25, 0.3) is 0 Å². The summed E-state index contributed by atoms with van der Waals surface area (Å²) in [7, 11) is 1.52. The highest BCUT2D eigenvalue weighted by molar-refractivity contribution is 5.96. The van der Waals surface area contributed by atoms with Crippen LogP contribution in [0.4, 0.5) is 0 Å². The standard InChI is InChI=1S/C11H16N2O2/c1-12-10(14)7-11(15)13-8-9-5-3-2-4-6-9/h3,5-6H,2,4,7-8H2,1H3,(H,12,14)(H,13,15). The Balaban J connectivity index is 2.24. The van der Waals surface area contributed by atoms with E-state index in [1.807, 2.05) is 6.08 Å². The van der Waals surface area contributed by atoms with Gasteiger partial charge in [0, 0.05) is 13.6 Å². The molecule has 0 atom stereocenters. The van der Waals surface area contributed by atoms with E-state index in [-0.39, 0.29) is 18.2 Å². The number of carbonyl (C=O) groups excluding carboxylic acids is 2. The van der Waals surface area contributed by atoms with Crippen molar-refractivity contribution >= 4 is 11.8 Å². The maximum Gasteiger partial charge on any atom is 0.229 e. The van der Waals surface area contributed by atoms with Crippen molar-refractivity contribution in [3.05, 3.63) is 23.8 Å². The lowest BCUT2D eigenvalue weighted by Crippen LogP contribution is -2.31. The Morgan fingerprint density at radius 1 is 1.33 bits per heavy atom. The average molecular weight is 208 g/mol. The van der Waals surface area contributed by atoms with E-state index in [2.05, 4.69) is 22.8 Å². The van der Waals surface area contributed by atoms with Crippen molar-refractivity contribution in [3.8, 4) is 0 Å². The van der Waals surface area contributed by atoms with E-state index in [0.29, 0.717) is 6.54 Å². The Morgan fingerprint density at radius 3 is 2.73 bits per heavy atom. The van der Waals surface area contributed by atoms with Crippen LogP contribution >= 0.6 is 0 Å². The maximum absolute atomic E-state index is 11.2. The van der Waals surface area contributed by atoms with Gasteiger partial charge in [-0.3, -0.25) is 9.59 Å². The smallest absolute Gasteiger partial charge is 0.229 e. The quantitative estimate of drug-likeness (QED) is 0.661. The van der Waals surface area contributed by atoms with Gasteiger partial charge >= 0.3 is 0 Å². The molecule has 0 saturated carbocycles. The second kappa shape index (κ2) is 6.01. The number of nitrogens with one attached hydrogen (secondary N) is 2. The number of amides is 2. The van der Waals surface area contributed by atoms with Gasteiger partial charge in [-0.2, -0.15) is 0 Å². The SMILES string of the molecule is CNC(=O)CC(=O)NCC1=CCCC=C1. The third-order valence-corrected chi connectivity index (χ3v) is 2.16. The molecule has 4 nitrogen and oxygen atoms in total. The first kappa shape index (κ1) is 11.5. The van der Waals surface area contributed by atoms with Crippen LogP contribution < -0.4 is 10.6 Å². The summed E-state index contributed by atoms with van der Waals surface area (Å²) in [4.78, 5) is 22.1. The average Bonchev–Trinajstić information content (AvgIpc) is 2.27. The fourth-order valence-corrected chi connectivity index (χ4v) is 1.30. The molecule has 0 unspecified atom stereocenters. The number of hydrogen-bond acceptors (Lipinski definition) is 2. The van der Waals surface area contributed by atoms with Crippen LogP contribution in [0.25, 0.3) is 0 Å². The Morgan fingerprint density at radius 2 is 2.13 bits per heavy atom. The minimum absolute atomic E-state index is 0.104. The van der Waals surface area contributed by atoms with Crippen molar-refractivity contribution in [1.82, 2.24) is 10.6 Å². The van der Waals surface area contributed by atoms with Gasteiger partial charge in [-0.1, -0.05) is 18.2 Å². The molecule has 0 heterocycles. The third kappa shape index (κ3) is 4.44. The molecule has 1 rings (SSSR count). The van der Waals surface area contributed by atoms with Crippen LogP contribution in [-0.2, 0) is 9.59 Å². The Labute approximate surface area is 89.4 Å². The molecule has 0 spiro atoms. The Kier molecular flexibility index (Phi) is 4.60. The van der Waals surface area contributed by atoms with Crippen LogP contribution in [0.5, 0.6) is 0 Å². The Bertz CT molecular complexity index is 306. The minimum Gasteiger partial charge on any atom is -0.359 e. The lowest BCUT2D eigenvalue weighted by Gasteiger charge is -2.08. The lowest BCUT2D eigenvalue weighted by molar-refractivity contribution is -0.128. The molecule has 82 valence electrons. The lowest BCUT2D eigenvalue weighted by atomic mass is 10.1. The van der Waals surface area contributed by atoms with Crippen molar-refractivity contribution in [2.24, 2.45) is 0 Å². The summed E-state index contributed by atoms with van der Waals surface area (Å²) >= 11 is 0. The summed E-state index contributed by atoms with van der Waals surface area (Å²) in [6, 6.07) is 0. The molecule has 0 aromatic rings. The molecule has 4 heteroatoms. The molecular weight excluding hydrogens is 192 g/mol. The first-order chi connectivity index (χ1) is 7.22. The van der Waals surface area contributed by atoms with Crippen molar-refractivity contribution < 1.29 is 9.59 Å². The summed E-state index contributed by atoms with van der Waals surface area (Å²) < 4.78 is 0. The minimum atomic E-state index is -0.263. The predicted octanol–water partition coefficient (Wildman–Crippen LogP) is 0.515. The van der Waals surface area contributed by atoms with E-state index >= 15 is 0 Å². The van der Waals surface area contributed by atoms with Crippen LogP contribution in [-0.4, -0.2) is 25.4 Å². The van der Waals surface area contributed by atoms with E-state index in [1.54, 1.807) is 0 Å². The van der Waals surface area contributed by atoms with E-state index in [4.69, 9.17) is 0 Å². The van der Waals surface area contributed by atoms with Gasteiger partial charge in [-0.15, -0.1) is 0 Å². The number of rotatable bonds is 4. The van der Waals surface area contributed by atoms with Gasteiger partial charge < -0.3 is 10.6 Å². The molecule has 0 aliphatic heterocycles. The maximum atomic E-state index is 11.2. The fourth-order valence-electron chi connectivity index (χ4n) is 1.30. The van der Waals surface area contributed by atoms with Crippen LogP contribution in [0.3, 0.4) is 0 Å². The molecule has 0 saturated heterocycles. The molecule has 15 heavy (non-hydrogen) atoms. The summed E-state index contributed by atoms with van der Waals surface area (Å²) in [5.41, 5.74) is 1.10. The molecule has 0 fully saturated rings. The molecule has 0 radical (unpaired) electrons. The van der Waals surface area contributed by atoms with E-state index in [0.717, 1.165) is 18.4 Å². The number of carbonyl (C=O) groups is 2. The first-order valence-corrected chi connectivity index (χ1v) is 5.05. The van der Waals surface area contributed by atoms with E-state index in [9.17, 15) is 9.59 Å². The molecule has 2 N–H and O–H groups in total.